The van der Waals surface area contributed by atoms with Crippen molar-refractivity contribution in [3.05, 3.63) is 0 Å². The third-order valence-electron chi connectivity index (χ3n) is 0.707. The van der Waals surface area contributed by atoms with Gasteiger partial charge in [-0.3, -0.25) is 0 Å². The van der Waals surface area contributed by atoms with Gasteiger partial charge in [-0.1, -0.05) is 13.8 Å². The van der Waals surface area contributed by atoms with Crippen molar-refractivity contribution < 1.29 is 25.9 Å². The van der Waals surface area contributed by atoms with Gasteiger partial charge in [-0.2, -0.15) is 0 Å². The molecule has 0 radical (unpaired) electrons. The summed E-state index contributed by atoms with van der Waals surface area (Å²) >= 11 is 0. The molecule has 6 nitrogen and oxygen atoms in total. The quantitative estimate of drug-likeness (QED) is 0.450. The zero-order chi connectivity index (χ0) is 10.4. The first-order valence-corrected chi connectivity index (χ1v) is 6.15. The van der Waals surface area contributed by atoms with Crippen LogP contribution in [0.2, 0.25) is 0 Å². The van der Waals surface area contributed by atoms with Crippen molar-refractivity contribution in [3.8, 4) is 0 Å². The molecule has 13 heavy (non-hydrogen) atoms. The summed E-state index contributed by atoms with van der Waals surface area (Å²) in [6.45, 7) is 2.62. The van der Waals surface area contributed by atoms with Crippen molar-refractivity contribution in [2.45, 2.75) is 13.8 Å². The Morgan fingerprint density at radius 2 is 0.923 bits per heavy atom. The van der Waals surface area contributed by atoms with Crippen molar-refractivity contribution in [2.75, 3.05) is 11.5 Å². The van der Waals surface area contributed by atoms with Gasteiger partial charge in [-0.25, -0.2) is 16.8 Å². The Balaban J connectivity index is -0.000000143. The average Bonchev–Trinajstić information content (AvgIpc) is 1.86. The molecule has 0 N–H and O–H groups in total. The molecule has 0 aromatic heterocycles. The molecule has 0 aromatic rings. The molecular formula is C4H10BaO6S2. The Labute approximate surface area is 119 Å². The minimum absolute atomic E-state index is 0. The van der Waals surface area contributed by atoms with Crippen LogP contribution in [-0.4, -0.2) is 86.3 Å². The van der Waals surface area contributed by atoms with E-state index in [0.717, 1.165) is 0 Å². The van der Waals surface area contributed by atoms with Gasteiger partial charge in [0, 0.05) is 11.5 Å². The summed E-state index contributed by atoms with van der Waals surface area (Å²) in [5.41, 5.74) is 0. The molecule has 0 aliphatic rings. The first kappa shape index (κ1) is 19.9. The summed E-state index contributed by atoms with van der Waals surface area (Å²) in [6.07, 6.45) is 0. The van der Waals surface area contributed by atoms with Gasteiger partial charge in [0.2, 0.25) is 0 Å². The fourth-order valence-corrected chi connectivity index (χ4v) is 0. The van der Waals surface area contributed by atoms with Crippen LogP contribution in [0, 0.1) is 0 Å². The molecule has 0 atom stereocenters. The van der Waals surface area contributed by atoms with E-state index in [9.17, 15) is 25.9 Å². The van der Waals surface area contributed by atoms with E-state index in [0.29, 0.717) is 0 Å². The summed E-state index contributed by atoms with van der Waals surface area (Å²) in [7, 11) is -7.82. The van der Waals surface area contributed by atoms with Crippen LogP contribution in [0.3, 0.4) is 0 Å². The Bertz CT molecular complexity index is 259. The monoisotopic (exact) mass is 356 g/mol. The van der Waals surface area contributed by atoms with Crippen LogP contribution < -0.4 is 0 Å². The summed E-state index contributed by atoms with van der Waals surface area (Å²) in [5, 5.41) is 0. The van der Waals surface area contributed by atoms with Crippen molar-refractivity contribution >= 4 is 69.1 Å². The van der Waals surface area contributed by atoms with E-state index in [1.807, 2.05) is 0 Å². The van der Waals surface area contributed by atoms with Crippen LogP contribution in [-0.2, 0) is 20.2 Å². The molecule has 0 spiro atoms. The Morgan fingerprint density at radius 1 is 0.846 bits per heavy atom. The van der Waals surface area contributed by atoms with Crippen LogP contribution in [0.5, 0.6) is 0 Å². The molecule has 0 heterocycles. The molecule has 0 unspecified atom stereocenters. The normalized spacial score (nSPS) is 10.8. The summed E-state index contributed by atoms with van der Waals surface area (Å²) < 4.78 is 56.7. The SMILES string of the molecule is CCS(=O)(=O)[O-].CCS(=O)(=O)[O-].[Ba+2]. The molecule has 0 saturated carbocycles. The molecule has 0 fully saturated rings. The molecule has 0 saturated heterocycles. The second-order valence-corrected chi connectivity index (χ2v) is 5.08. The van der Waals surface area contributed by atoms with Crippen LogP contribution >= 0.6 is 0 Å². The maximum absolute atomic E-state index is 9.44. The van der Waals surface area contributed by atoms with Crippen molar-refractivity contribution in [1.82, 2.24) is 0 Å². The summed E-state index contributed by atoms with van der Waals surface area (Å²) in [6, 6.07) is 0. The van der Waals surface area contributed by atoms with Gasteiger partial charge >= 0.3 is 48.9 Å². The van der Waals surface area contributed by atoms with E-state index in [4.69, 9.17) is 0 Å². The van der Waals surface area contributed by atoms with Gasteiger partial charge in [0.1, 0.15) is 0 Å². The molecule has 0 aliphatic carbocycles. The number of hydrogen-bond donors (Lipinski definition) is 0. The van der Waals surface area contributed by atoms with Gasteiger partial charge in [0.25, 0.3) is 0 Å². The Morgan fingerprint density at radius 3 is 0.923 bits per heavy atom. The molecule has 0 aliphatic heterocycles. The van der Waals surface area contributed by atoms with E-state index in [1.54, 1.807) is 0 Å². The Kier molecular flexibility index (Phi) is 13.3. The second kappa shape index (κ2) is 8.68. The van der Waals surface area contributed by atoms with Gasteiger partial charge in [-0.15, -0.1) is 0 Å². The van der Waals surface area contributed by atoms with E-state index in [-0.39, 0.29) is 60.4 Å². The molecule has 76 valence electrons. The third-order valence-corrected chi connectivity index (χ3v) is 2.12. The maximum atomic E-state index is 9.44. The molecular weight excluding hydrogens is 346 g/mol. The smallest absolute Gasteiger partial charge is 0.748 e. The van der Waals surface area contributed by atoms with E-state index >= 15 is 0 Å². The molecule has 0 aromatic carbocycles. The van der Waals surface area contributed by atoms with Crippen molar-refractivity contribution in [2.24, 2.45) is 0 Å². The fourth-order valence-electron chi connectivity index (χ4n) is 0. The van der Waals surface area contributed by atoms with E-state index < -0.39 is 20.2 Å². The number of hydrogen-bond acceptors (Lipinski definition) is 6. The zero-order valence-electron chi connectivity index (χ0n) is 7.39. The number of rotatable bonds is 2. The standard InChI is InChI=1S/2C2H6O3S.Ba/c2*1-2-6(3,4)5;/h2*2H2,1H3,(H,3,4,5);/q;;+2/p-2. The minimum Gasteiger partial charge on any atom is -0.748 e. The first-order valence-electron chi connectivity index (χ1n) is 2.99. The predicted octanol–water partition coefficient (Wildman–Crippen LogP) is -1.28. The summed E-state index contributed by atoms with van der Waals surface area (Å²) in [4.78, 5) is 0. The second-order valence-electron chi connectivity index (χ2n) is 1.69. The largest absolute Gasteiger partial charge is 2.00 e. The predicted molar refractivity (Wildman–Crippen MR) is 46.2 cm³/mol. The third kappa shape index (κ3) is 31.8. The molecule has 0 bridgehead atoms. The Hall–Kier alpha value is 1.39. The van der Waals surface area contributed by atoms with Gasteiger partial charge in [-0.05, 0) is 0 Å². The summed E-state index contributed by atoms with van der Waals surface area (Å²) in [5.74, 6) is -0.625. The first-order chi connectivity index (χ1) is 5.12. The van der Waals surface area contributed by atoms with Crippen LogP contribution in [0.1, 0.15) is 13.8 Å². The van der Waals surface area contributed by atoms with E-state index in [1.165, 1.54) is 13.8 Å². The molecule has 0 amide bonds. The van der Waals surface area contributed by atoms with Gasteiger partial charge < -0.3 is 9.11 Å². The van der Waals surface area contributed by atoms with Crippen molar-refractivity contribution in [3.63, 3.8) is 0 Å². The van der Waals surface area contributed by atoms with Gasteiger partial charge in [0.05, 0.1) is 20.2 Å². The van der Waals surface area contributed by atoms with Crippen molar-refractivity contribution in [1.29, 1.82) is 0 Å². The van der Waals surface area contributed by atoms with Crippen LogP contribution in [0.25, 0.3) is 0 Å². The maximum Gasteiger partial charge on any atom is 2.00 e. The average molecular weight is 356 g/mol. The molecule has 0 rings (SSSR count). The fraction of sp³-hybridized carbons (Fsp3) is 1.00. The minimum atomic E-state index is -3.91. The zero-order valence-corrected chi connectivity index (χ0v) is 13.5. The topological polar surface area (TPSA) is 114 Å². The van der Waals surface area contributed by atoms with Crippen LogP contribution in [0.4, 0.5) is 0 Å². The van der Waals surface area contributed by atoms with Crippen LogP contribution in [0.15, 0.2) is 0 Å². The molecule has 9 heteroatoms. The van der Waals surface area contributed by atoms with E-state index in [2.05, 4.69) is 0 Å². The van der Waals surface area contributed by atoms with Gasteiger partial charge in [0.15, 0.2) is 0 Å².